The van der Waals surface area contributed by atoms with Gasteiger partial charge in [0.05, 0.1) is 0 Å². The normalized spacial score (nSPS) is 9.85. The van der Waals surface area contributed by atoms with Gasteiger partial charge < -0.3 is 10.6 Å². The molecule has 1 heterocycles. The highest BCUT2D eigenvalue weighted by molar-refractivity contribution is 6.03. The fourth-order valence-electron chi connectivity index (χ4n) is 1.62. The Kier molecular flexibility index (Phi) is 4.44. The highest BCUT2D eigenvalue weighted by Crippen LogP contribution is 2.16. The Morgan fingerprint density at radius 2 is 1.80 bits per heavy atom. The Balaban J connectivity index is 2.08. The van der Waals surface area contributed by atoms with Crippen molar-refractivity contribution < 1.29 is 9.59 Å². The van der Waals surface area contributed by atoms with E-state index in [1.807, 2.05) is 0 Å². The molecule has 0 aliphatic carbocycles. The molecule has 5 heteroatoms. The summed E-state index contributed by atoms with van der Waals surface area (Å²) in [5.41, 5.74) is 1.60. The van der Waals surface area contributed by atoms with Crippen LogP contribution in [0.1, 0.15) is 23.8 Å². The van der Waals surface area contributed by atoms with Crippen LogP contribution < -0.4 is 10.6 Å². The van der Waals surface area contributed by atoms with Gasteiger partial charge in [0.25, 0.3) is 5.91 Å². The summed E-state index contributed by atoms with van der Waals surface area (Å²) >= 11 is 0. The van der Waals surface area contributed by atoms with Gasteiger partial charge in [0.1, 0.15) is 5.69 Å². The molecule has 2 rings (SSSR count). The fraction of sp³-hybridized carbons (Fsp3) is 0.133. The smallest absolute Gasteiger partial charge is 0.274 e. The lowest BCUT2D eigenvalue weighted by Gasteiger charge is -2.08. The monoisotopic (exact) mass is 269 g/mol. The van der Waals surface area contributed by atoms with Crippen molar-refractivity contribution in [1.82, 2.24) is 4.98 Å². The van der Waals surface area contributed by atoms with Crippen LogP contribution in [-0.2, 0) is 4.79 Å². The predicted molar refractivity (Wildman–Crippen MR) is 77.6 cm³/mol. The number of hydrogen-bond donors (Lipinski definition) is 2. The number of hydrogen-bond acceptors (Lipinski definition) is 3. The van der Waals surface area contributed by atoms with Crippen molar-refractivity contribution in [3.8, 4) is 0 Å². The molecule has 0 atom stereocenters. The summed E-state index contributed by atoms with van der Waals surface area (Å²) in [5.74, 6) is -0.359. The third-order valence-corrected chi connectivity index (χ3v) is 2.62. The zero-order valence-electron chi connectivity index (χ0n) is 11.1. The van der Waals surface area contributed by atoms with Gasteiger partial charge in [-0.15, -0.1) is 0 Å². The van der Waals surface area contributed by atoms with Crippen molar-refractivity contribution in [3.63, 3.8) is 0 Å². The van der Waals surface area contributed by atoms with E-state index in [-0.39, 0.29) is 11.8 Å². The minimum absolute atomic E-state index is 0.0711. The predicted octanol–water partition coefficient (Wildman–Crippen LogP) is 2.68. The Bertz CT molecular complexity index is 612. The molecule has 0 saturated heterocycles. The largest absolute Gasteiger partial charge is 0.326 e. The summed E-state index contributed by atoms with van der Waals surface area (Å²) in [5, 5.41) is 5.48. The third-order valence-electron chi connectivity index (χ3n) is 2.62. The van der Waals surface area contributed by atoms with Crippen molar-refractivity contribution in [3.05, 3.63) is 54.4 Å². The summed E-state index contributed by atoms with van der Waals surface area (Å²) in [4.78, 5) is 27.2. The lowest BCUT2D eigenvalue weighted by Crippen LogP contribution is -2.14. The van der Waals surface area contributed by atoms with Crippen LogP contribution in [0.25, 0.3) is 0 Å². The van der Waals surface area contributed by atoms with Crippen LogP contribution in [0.5, 0.6) is 0 Å². The van der Waals surface area contributed by atoms with Gasteiger partial charge in [-0.25, -0.2) is 0 Å². The van der Waals surface area contributed by atoms with Gasteiger partial charge in [-0.3, -0.25) is 14.6 Å². The van der Waals surface area contributed by atoms with E-state index in [9.17, 15) is 9.59 Å². The van der Waals surface area contributed by atoms with Crippen LogP contribution in [0.4, 0.5) is 11.4 Å². The van der Waals surface area contributed by atoms with Crippen molar-refractivity contribution in [2.45, 2.75) is 13.3 Å². The van der Waals surface area contributed by atoms with E-state index in [4.69, 9.17) is 0 Å². The van der Waals surface area contributed by atoms with E-state index in [0.29, 0.717) is 23.5 Å². The molecule has 0 unspecified atom stereocenters. The van der Waals surface area contributed by atoms with E-state index >= 15 is 0 Å². The zero-order valence-corrected chi connectivity index (χ0v) is 11.1. The number of benzene rings is 1. The fourth-order valence-corrected chi connectivity index (χ4v) is 1.62. The summed E-state index contributed by atoms with van der Waals surface area (Å²) in [6.07, 6.45) is 1.97. The van der Waals surface area contributed by atoms with Crippen LogP contribution in [0.2, 0.25) is 0 Å². The standard InChI is InChI=1S/C15H15N3O2/c1-2-14(19)17-11-6-5-7-12(10-11)18-15(20)13-8-3-4-9-16-13/h3-10H,2H2,1H3,(H,17,19)(H,18,20). The molecule has 2 N–H and O–H groups in total. The number of anilines is 2. The first kappa shape index (κ1) is 13.7. The molecule has 102 valence electrons. The van der Waals surface area contributed by atoms with Gasteiger partial charge in [0.2, 0.25) is 5.91 Å². The van der Waals surface area contributed by atoms with Gasteiger partial charge >= 0.3 is 0 Å². The Morgan fingerprint density at radius 1 is 1.05 bits per heavy atom. The number of nitrogens with one attached hydrogen (secondary N) is 2. The molecule has 0 radical (unpaired) electrons. The summed E-state index contributed by atoms with van der Waals surface area (Å²) in [7, 11) is 0. The van der Waals surface area contributed by atoms with Crippen LogP contribution in [-0.4, -0.2) is 16.8 Å². The lowest BCUT2D eigenvalue weighted by atomic mass is 10.2. The van der Waals surface area contributed by atoms with Gasteiger partial charge in [-0.05, 0) is 30.3 Å². The molecule has 5 nitrogen and oxygen atoms in total. The second-order valence-corrected chi connectivity index (χ2v) is 4.15. The van der Waals surface area contributed by atoms with E-state index in [0.717, 1.165) is 0 Å². The number of aromatic nitrogens is 1. The highest BCUT2D eigenvalue weighted by Gasteiger charge is 2.07. The maximum absolute atomic E-state index is 11.9. The number of rotatable bonds is 4. The second-order valence-electron chi connectivity index (χ2n) is 4.15. The Labute approximate surface area is 117 Å². The summed E-state index contributed by atoms with van der Waals surface area (Å²) in [6, 6.07) is 12.1. The number of carbonyl (C=O) groups is 2. The molecule has 2 aromatic rings. The molecule has 0 aliphatic heterocycles. The van der Waals surface area contributed by atoms with E-state index < -0.39 is 0 Å². The maximum Gasteiger partial charge on any atom is 0.274 e. The van der Waals surface area contributed by atoms with Crippen LogP contribution >= 0.6 is 0 Å². The number of carbonyl (C=O) groups excluding carboxylic acids is 2. The van der Waals surface area contributed by atoms with E-state index in [1.165, 1.54) is 0 Å². The number of nitrogens with zero attached hydrogens (tertiary/aromatic N) is 1. The maximum atomic E-state index is 11.9. The van der Waals surface area contributed by atoms with Crippen LogP contribution in [0.3, 0.4) is 0 Å². The van der Waals surface area contributed by atoms with Gasteiger partial charge in [-0.2, -0.15) is 0 Å². The minimum atomic E-state index is -0.287. The SMILES string of the molecule is CCC(=O)Nc1cccc(NC(=O)c2ccccn2)c1. The average Bonchev–Trinajstić information content (AvgIpc) is 2.48. The lowest BCUT2D eigenvalue weighted by molar-refractivity contribution is -0.115. The van der Waals surface area contributed by atoms with Crippen molar-refractivity contribution in [2.75, 3.05) is 10.6 Å². The van der Waals surface area contributed by atoms with Crippen molar-refractivity contribution in [2.24, 2.45) is 0 Å². The molecule has 2 amide bonds. The van der Waals surface area contributed by atoms with Gasteiger partial charge in [-0.1, -0.05) is 19.1 Å². The van der Waals surface area contributed by atoms with E-state index in [2.05, 4.69) is 15.6 Å². The molecular formula is C15H15N3O2. The van der Waals surface area contributed by atoms with Crippen molar-refractivity contribution in [1.29, 1.82) is 0 Å². The molecule has 0 bridgehead atoms. The Hall–Kier alpha value is -2.69. The molecular weight excluding hydrogens is 254 g/mol. The molecule has 0 saturated carbocycles. The average molecular weight is 269 g/mol. The number of pyridine rings is 1. The number of amides is 2. The first-order chi connectivity index (χ1) is 9.69. The minimum Gasteiger partial charge on any atom is -0.326 e. The topological polar surface area (TPSA) is 71.1 Å². The molecule has 0 aliphatic rings. The summed E-state index contributed by atoms with van der Waals surface area (Å²) in [6.45, 7) is 1.78. The van der Waals surface area contributed by atoms with Gasteiger partial charge in [0, 0.05) is 24.0 Å². The molecule has 0 fully saturated rings. The first-order valence-corrected chi connectivity index (χ1v) is 6.31. The Morgan fingerprint density at radius 3 is 2.45 bits per heavy atom. The molecule has 1 aromatic carbocycles. The third kappa shape index (κ3) is 3.65. The molecule has 20 heavy (non-hydrogen) atoms. The first-order valence-electron chi connectivity index (χ1n) is 6.31. The quantitative estimate of drug-likeness (QED) is 0.896. The second kappa shape index (κ2) is 6.47. The van der Waals surface area contributed by atoms with Crippen LogP contribution in [0, 0.1) is 0 Å². The highest BCUT2D eigenvalue weighted by atomic mass is 16.2. The van der Waals surface area contributed by atoms with E-state index in [1.54, 1.807) is 55.6 Å². The summed E-state index contributed by atoms with van der Waals surface area (Å²) < 4.78 is 0. The van der Waals surface area contributed by atoms with Crippen molar-refractivity contribution >= 4 is 23.2 Å². The molecule has 1 aromatic heterocycles. The zero-order chi connectivity index (χ0) is 14.4. The van der Waals surface area contributed by atoms with Crippen LogP contribution in [0.15, 0.2) is 48.7 Å². The molecule has 0 spiro atoms. The van der Waals surface area contributed by atoms with Gasteiger partial charge in [0.15, 0.2) is 0 Å².